The molecule has 0 spiro atoms. The highest BCUT2D eigenvalue weighted by Gasteiger charge is 2.24. The molecule has 0 radical (unpaired) electrons. The smallest absolute Gasteiger partial charge is 0.167 e. The first kappa shape index (κ1) is 14.6. The third-order valence-electron chi connectivity index (χ3n) is 3.74. The van der Waals surface area contributed by atoms with Crippen molar-refractivity contribution in [1.82, 2.24) is 0 Å². The van der Waals surface area contributed by atoms with Crippen LogP contribution in [0.1, 0.15) is 61.9 Å². The van der Waals surface area contributed by atoms with E-state index in [-0.39, 0.29) is 5.92 Å². The van der Waals surface area contributed by atoms with Crippen LogP contribution in [-0.4, -0.2) is 11.0 Å². The van der Waals surface area contributed by atoms with Crippen molar-refractivity contribution in [2.45, 2.75) is 63.0 Å². The molecule has 1 aromatic carbocycles. The lowest BCUT2D eigenvalue weighted by Crippen LogP contribution is -2.18. The average Bonchev–Trinajstić information content (AvgIpc) is 2.40. The van der Waals surface area contributed by atoms with Crippen LogP contribution >= 0.6 is 11.8 Å². The van der Waals surface area contributed by atoms with Gasteiger partial charge >= 0.3 is 0 Å². The van der Waals surface area contributed by atoms with Crippen molar-refractivity contribution in [2.24, 2.45) is 5.92 Å². The van der Waals surface area contributed by atoms with E-state index in [2.05, 4.69) is 39.0 Å². The number of ketones is 1. The molecule has 0 heterocycles. The minimum absolute atomic E-state index is 0.266. The minimum Gasteiger partial charge on any atom is -0.294 e. The number of hydrogen-bond donors (Lipinski definition) is 0. The molecule has 104 valence electrons. The average molecular weight is 276 g/mol. The number of Topliss-reactive ketones (excluding diaryl/α,β-unsaturated/α-hetero) is 1. The first-order valence-corrected chi connectivity index (χ1v) is 8.27. The Hall–Kier alpha value is -0.760. The Morgan fingerprint density at radius 2 is 1.89 bits per heavy atom. The normalized spacial score (nSPS) is 16.8. The molecule has 1 aliphatic rings. The first-order valence-electron chi connectivity index (χ1n) is 7.39. The molecule has 19 heavy (non-hydrogen) atoms. The summed E-state index contributed by atoms with van der Waals surface area (Å²) in [5, 5.41) is 0.514. The van der Waals surface area contributed by atoms with E-state index < -0.39 is 0 Å². The van der Waals surface area contributed by atoms with Crippen LogP contribution < -0.4 is 0 Å². The van der Waals surface area contributed by atoms with E-state index in [0.717, 1.165) is 23.3 Å². The van der Waals surface area contributed by atoms with Crippen LogP contribution in [0.3, 0.4) is 0 Å². The highest BCUT2D eigenvalue weighted by molar-refractivity contribution is 8.00. The third-order valence-corrected chi connectivity index (χ3v) is 4.82. The second kappa shape index (κ2) is 6.60. The van der Waals surface area contributed by atoms with Crippen LogP contribution in [0.25, 0.3) is 0 Å². The van der Waals surface area contributed by atoms with Crippen LogP contribution in [0.15, 0.2) is 23.1 Å². The van der Waals surface area contributed by atoms with Crippen LogP contribution in [0.5, 0.6) is 0 Å². The van der Waals surface area contributed by atoms with Gasteiger partial charge < -0.3 is 0 Å². The Morgan fingerprint density at radius 3 is 2.53 bits per heavy atom. The fourth-order valence-electron chi connectivity index (χ4n) is 2.78. The predicted molar refractivity (Wildman–Crippen MR) is 83.1 cm³/mol. The molecule has 1 nitrogen and oxygen atoms in total. The van der Waals surface area contributed by atoms with E-state index in [9.17, 15) is 4.79 Å². The summed E-state index contributed by atoms with van der Waals surface area (Å²) >= 11 is 1.81. The molecule has 1 aromatic rings. The molecule has 0 aromatic heterocycles. The Morgan fingerprint density at radius 1 is 1.21 bits per heavy atom. The summed E-state index contributed by atoms with van der Waals surface area (Å²) in [4.78, 5) is 13.9. The van der Waals surface area contributed by atoms with Gasteiger partial charge in [-0.3, -0.25) is 4.79 Å². The third kappa shape index (κ3) is 3.85. The molecule has 1 aliphatic carbocycles. The maximum Gasteiger partial charge on any atom is 0.167 e. The largest absolute Gasteiger partial charge is 0.294 e. The van der Waals surface area contributed by atoms with Crippen molar-refractivity contribution in [3.8, 4) is 0 Å². The van der Waals surface area contributed by atoms with Gasteiger partial charge in [0, 0.05) is 21.6 Å². The highest BCUT2D eigenvalue weighted by atomic mass is 32.2. The zero-order chi connectivity index (χ0) is 13.8. The zero-order valence-electron chi connectivity index (χ0n) is 12.2. The Bertz CT molecular complexity index is 445. The van der Waals surface area contributed by atoms with E-state index in [1.807, 2.05) is 0 Å². The molecule has 2 heteroatoms. The summed E-state index contributed by atoms with van der Waals surface area (Å²) < 4.78 is 0. The van der Waals surface area contributed by atoms with Crippen LogP contribution in [0, 0.1) is 12.8 Å². The molecule has 2 rings (SSSR count). The number of hydrogen-bond acceptors (Lipinski definition) is 2. The zero-order valence-corrected chi connectivity index (χ0v) is 13.1. The van der Waals surface area contributed by atoms with E-state index in [1.54, 1.807) is 11.8 Å². The van der Waals surface area contributed by atoms with Gasteiger partial charge in [0.2, 0.25) is 0 Å². The number of carbonyl (C=O) groups is 1. The number of rotatable bonds is 4. The van der Waals surface area contributed by atoms with E-state index in [4.69, 9.17) is 0 Å². The molecular weight excluding hydrogens is 252 g/mol. The van der Waals surface area contributed by atoms with Crippen molar-refractivity contribution >= 4 is 17.5 Å². The fourth-order valence-corrected chi connectivity index (χ4v) is 3.72. The van der Waals surface area contributed by atoms with Gasteiger partial charge in [0.1, 0.15) is 0 Å². The molecule has 0 unspecified atom stereocenters. The minimum atomic E-state index is 0.266. The van der Waals surface area contributed by atoms with Crippen molar-refractivity contribution in [1.29, 1.82) is 0 Å². The second-order valence-electron chi connectivity index (χ2n) is 5.87. The van der Waals surface area contributed by atoms with Crippen LogP contribution in [0.2, 0.25) is 0 Å². The first-order chi connectivity index (χ1) is 9.08. The van der Waals surface area contributed by atoms with Gasteiger partial charge in [-0.2, -0.15) is 0 Å². The summed E-state index contributed by atoms with van der Waals surface area (Å²) in [6.45, 7) is 6.43. The van der Waals surface area contributed by atoms with Gasteiger partial charge in [-0.25, -0.2) is 0 Å². The van der Waals surface area contributed by atoms with Crippen molar-refractivity contribution < 1.29 is 4.79 Å². The SMILES string of the molecule is Cc1ccc(SC(C)C)c(C(=O)C2CCCCC2)c1. The van der Waals surface area contributed by atoms with E-state index >= 15 is 0 Å². The summed E-state index contributed by atoms with van der Waals surface area (Å²) in [5.74, 6) is 0.647. The molecule has 0 saturated heterocycles. The second-order valence-corrected chi connectivity index (χ2v) is 7.48. The van der Waals surface area contributed by atoms with Crippen LogP contribution in [0.4, 0.5) is 0 Å². The number of thioether (sulfide) groups is 1. The van der Waals surface area contributed by atoms with Gasteiger partial charge in [0.05, 0.1) is 0 Å². The quantitative estimate of drug-likeness (QED) is 0.551. The number of benzene rings is 1. The standard InChI is InChI=1S/C17H24OS/c1-12(2)19-16-10-9-13(3)11-15(16)17(18)14-7-5-4-6-8-14/h9-12,14H,4-8H2,1-3H3. The molecule has 1 saturated carbocycles. The Balaban J connectivity index is 2.25. The summed E-state index contributed by atoms with van der Waals surface area (Å²) in [6.07, 6.45) is 5.89. The lowest BCUT2D eigenvalue weighted by Gasteiger charge is -2.22. The number of aryl methyl sites for hydroxylation is 1. The fraction of sp³-hybridized carbons (Fsp3) is 0.588. The van der Waals surface area contributed by atoms with E-state index in [1.165, 1.54) is 24.8 Å². The van der Waals surface area contributed by atoms with Gasteiger partial charge in [0.15, 0.2) is 5.78 Å². The molecule has 1 fully saturated rings. The molecule has 0 atom stereocenters. The monoisotopic (exact) mass is 276 g/mol. The van der Waals surface area contributed by atoms with Crippen molar-refractivity contribution in [3.05, 3.63) is 29.3 Å². The topological polar surface area (TPSA) is 17.1 Å². The van der Waals surface area contributed by atoms with Crippen LogP contribution in [-0.2, 0) is 0 Å². The van der Waals surface area contributed by atoms with Crippen molar-refractivity contribution in [2.75, 3.05) is 0 Å². The summed E-state index contributed by atoms with van der Waals surface area (Å²) in [7, 11) is 0. The molecule has 0 aliphatic heterocycles. The Labute approximate surface area is 121 Å². The molecule has 0 bridgehead atoms. The van der Waals surface area contributed by atoms with Gasteiger partial charge in [-0.05, 0) is 31.9 Å². The number of carbonyl (C=O) groups excluding carboxylic acids is 1. The summed E-state index contributed by atoms with van der Waals surface area (Å²) in [6, 6.07) is 6.32. The van der Waals surface area contributed by atoms with Gasteiger partial charge in [-0.1, -0.05) is 44.7 Å². The molecule has 0 N–H and O–H groups in total. The van der Waals surface area contributed by atoms with Crippen molar-refractivity contribution in [3.63, 3.8) is 0 Å². The Kier molecular flexibility index (Phi) is 5.09. The molecule has 0 amide bonds. The maximum absolute atomic E-state index is 12.7. The lowest BCUT2D eigenvalue weighted by atomic mass is 9.83. The van der Waals surface area contributed by atoms with Gasteiger partial charge in [-0.15, -0.1) is 11.8 Å². The summed E-state index contributed by atoms with van der Waals surface area (Å²) in [5.41, 5.74) is 2.15. The van der Waals surface area contributed by atoms with E-state index in [0.29, 0.717) is 11.0 Å². The lowest BCUT2D eigenvalue weighted by molar-refractivity contribution is 0.0886. The van der Waals surface area contributed by atoms with Gasteiger partial charge in [0.25, 0.3) is 0 Å². The highest BCUT2D eigenvalue weighted by Crippen LogP contribution is 2.33. The predicted octanol–water partition coefficient (Wildman–Crippen LogP) is 5.26. The maximum atomic E-state index is 12.7. The molecular formula is C17H24OS.